The van der Waals surface area contributed by atoms with Crippen LogP contribution in [0.5, 0.6) is 0 Å². The van der Waals surface area contributed by atoms with Gasteiger partial charge in [0, 0.05) is 0 Å². The minimum Gasteiger partial charge on any atom is -1.00 e. The van der Waals surface area contributed by atoms with Crippen LogP contribution in [-0.2, 0) is 29.2 Å². The number of aryl methyl sites for hydroxylation is 1. The monoisotopic (exact) mass is 683 g/mol. The average molecular weight is 686 g/mol. The summed E-state index contributed by atoms with van der Waals surface area (Å²) < 4.78 is 3.25. The molecule has 4 heteroatoms. The second-order valence-corrected chi connectivity index (χ2v) is 20.7. The summed E-state index contributed by atoms with van der Waals surface area (Å²) in [5, 5.41) is 3.09. The molecular formula is C38H39Cl2SiZr. The van der Waals surface area contributed by atoms with Gasteiger partial charge in [0.1, 0.15) is 0 Å². The van der Waals surface area contributed by atoms with Crippen LogP contribution >= 0.6 is 0 Å². The molecule has 213 valence electrons. The molecule has 0 heterocycles. The van der Waals surface area contributed by atoms with Crippen LogP contribution in [0.2, 0.25) is 24.7 Å². The van der Waals surface area contributed by atoms with Gasteiger partial charge in [-0.05, 0) is 0 Å². The van der Waals surface area contributed by atoms with Gasteiger partial charge in [-0.2, -0.15) is 0 Å². The Labute approximate surface area is 276 Å². The van der Waals surface area contributed by atoms with Crippen LogP contribution in [0, 0.1) is 0 Å². The van der Waals surface area contributed by atoms with Crippen LogP contribution in [0.4, 0.5) is 0 Å². The standard InChI is InChI=1S/C25H29Si.C13H10.2ClH.Zr/c1-6-18-12-13-21-20(16-18)17-23-22(21)14-15-25(7-2,26(3,4)5)24(23)19-10-8-9-11-19;1-3-7-12(8-4-1)11-13-9-5-2-6-10-13;;;/h8-10,12-16H,6-7,11H2,1-5H3;1-10H;2*1H;/q;;;;+2/p-2. The minimum absolute atomic E-state index is 0. The smallest absolute Gasteiger partial charge is 1.00 e. The van der Waals surface area contributed by atoms with Crippen molar-refractivity contribution >= 4 is 20.1 Å². The van der Waals surface area contributed by atoms with Crippen LogP contribution in [0.3, 0.4) is 0 Å². The van der Waals surface area contributed by atoms with Gasteiger partial charge in [0.25, 0.3) is 0 Å². The first-order valence-electron chi connectivity index (χ1n) is 14.8. The normalized spacial score (nSPS) is 18.5. The molecule has 3 aromatic rings. The van der Waals surface area contributed by atoms with Gasteiger partial charge in [0.05, 0.1) is 0 Å². The average Bonchev–Trinajstić information content (AvgIpc) is 3.62. The summed E-state index contributed by atoms with van der Waals surface area (Å²) in [6, 6.07) is 29.7. The Morgan fingerprint density at radius 2 is 1.48 bits per heavy atom. The van der Waals surface area contributed by atoms with Crippen molar-refractivity contribution in [2.45, 2.75) is 57.8 Å². The molecule has 0 amide bonds. The zero-order valence-electron chi connectivity index (χ0n) is 25.3. The van der Waals surface area contributed by atoms with E-state index < -0.39 is 30.8 Å². The Balaban J connectivity index is 0.00000202. The fraction of sp³-hybridized carbons (Fsp3) is 0.237. The Morgan fingerprint density at radius 3 is 2.00 bits per heavy atom. The topological polar surface area (TPSA) is 0 Å². The molecule has 0 saturated carbocycles. The molecular weight excluding hydrogens is 647 g/mol. The van der Waals surface area contributed by atoms with Crippen LogP contribution < -0.4 is 35.3 Å². The third-order valence-electron chi connectivity index (χ3n) is 9.17. The number of benzene rings is 3. The van der Waals surface area contributed by atoms with Crippen LogP contribution in [0.25, 0.3) is 8.85 Å². The van der Waals surface area contributed by atoms with Crippen molar-refractivity contribution in [1.29, 1.82) is 0 Å². The number of hydrogen-bond donors (Lipinski definition) is 0. The van der Waals surface area contributed by atoms with Crippen molar-refractivity contribution in [3.63, 3.8) is 0 Å². The maximum atomic E-state index is 2.64. The van der Waals surface area contributed by atoms with E-state index in [1.165, 1.54) is 32.7 Å². The molecule has 0 saturated heterocycles. The number of halogens is 2. The minimum atomic E-state index is -1.64. The second kappa shape index (κ2) is 13.3. The molecule has 0 N–H and O–H groups in total. The second-order valence-electron chi connectivity index (χ2n) is 12.2. The summed E-state index contributed by atoms with van der Waals surface area (Å²) in [7, 11) is -1.64. The molecule has 42 heavy (non-hydrogen) atoms. The van der Waals surface area contributed by atoms with Gasteiger partial charge in [0.2, 0.25) is 0 Å². The molecule has 6 rings (SSSR count). The molecule has 0 bridgehead atoms. The maximum absolute atomic E-state index is 2.64. The summed E-state index contributed by atoms with van der Waals surface area (Å²) in [5.41, 5.74) is 10.5. The molecule has 0 radical (unpaired) electrons. The fourth-order valence-corrected chi connectivity index (χ4v) is 13.5. The van der Waals surface area contributed by atoms with Gasteiger partial charge in [0.15, 0.2) is 0 Å². The maximum Gasteiger partial charge on any atom is -1.00 e. The largest absolute Gasteiger partial charge is 1.00 e. The summed E-state index contributed by atoms with van der Waals surface area (Å²) in [6.45, 7) is 12.5. The van der Waals surface area contributed by atoms with Crippen molar-refractivity contribution in [2.75, 3.05) is 0 Å². The fourth-order valence-electron chi connectivity index (χ4n) is 6.93. The number of allylic oxidation sites excluding steroid dienone is 8. The third-order valence-corrected chi connectivity index (χ3v) is 16.5. The summed E-state index contributed by atoms with van der Waals surface area (Å²) in [4.78, 5) is 0. The van der Waals surface area contributed by atoms with Gasteiger partial charge < -0.3 is 24.8 Å². The van der Waals surface area contributed by atoms with E-state index in [2.05, 4.69) is 143 Å². The first kappa shape index (κ1) is 32.8. The molecule has 0 fully saturated rings. The van der Waals surface area contributed by atoms with E-state index in [0.717, 1.165) is 19.3 Å². The molecule has 3 aromatic carbocycles. The molecule has 1 unspecified atom stereocenters. The molecule has 0 aromatic heterocycles. The Kier molecular flexibility index (Phi) is 10.4. The van der Waals surface area contributed by atoms with Gasteiger partial charge >= 0.3 is 254 Å². The Morgan fingerprint density at radius 1 is 0.833 bits per heavy atom. The zero-order chi connectivity index (χ0) is 27.9. The molecule has 0 aliphatic heterocycles. The summed E-state index contributed by atoms with van der Waals surface area (Å²) in [5.74, 6) is 0. The van der Waals surface area contributed by atoms with E-state index in [0.29, 0.717) is 0 Å². The number of fused-ring (bicyclic) bond motifs is 2. The van der Waals surface area contributed by atoms with E-state index in [1.807, 2.05) is 0 Å². The van der Waals surface area contributed by atoms with E-state index in [4.69, 9.17) is 0 Å². The molecule has 0 spiro atoms. The van der Waals surface area contributed by atoms with Crippen molar-refractivity contribution < 1.29 is 47.6 Å². The Bertz CT molecular complexity index is 1710. The quantitative estimate of drug-likeness (QED) is 0.335. The predicted octanol–water partition coefficient (Wildman–Crippen LogP) is 2.12. The first-order chi connectivity index (χ1) is 19.4. The number of hydrogen-bond acceptors (Lipinski definition) is 0. The molecule has 3 aliphatic rings. The van der Waals surface area contributed by atoms with Crippen molar-refractivity contribution in [2.24, 2.45) is 0 Å². The number of rotatable bonds is 7. The Hall–Kier alpha value is -2.09. The van der Waals surface area contributed by atoms with Crippen molar-refractivity contribution in [3.8, 4) is 0 Å². The predicted molar refractivity (Wildman–Crippen MR) is 172 cm³/mol. The first-order valence-corrected chi connectivity index (χ1v) is 20.8. The molecule has 3 aliphatic carbocycles. The van der Waals surface area contributed by atoms with E-state index in [9.17, 15) is 0 Å². The van der Waals surface area contributed by atoms with E-state index in [1.54, 1.807) is 23.2 Å². The van der Waals surface area contributed by atoms with Crippen molar-refractivity contribution in [3.05, 3.63) is 153 Å². The van der Waals surface area contributed by atoms with E-state index >= 15 is 0 Å². The van der Waals surface area contributed by atoms with Crippen LogP contribution in [-0.4, -0.2) is 11.3 Å². The summed E-state index contributed by atoms with van der Waals surface area (Å²) >= 11 is -1.26. The summed E-state index contributed by atoms with van der Waals surface area (Å²) in [6.07, 6.45) is 15.5. The third kappa shape index (κ3) is 5.61. The van der Waals surface area contributed by atoms with Gasteiger partial charge in [-0.1, -0.05) is 0 Å². The van der Waals surface area contributed by atoms with Gasteiger partial charge in [-0.3, -0.25) is 0 Å². The van der Waals surface area contributed by atoms with E-state index in [-0.39, 0.29) is 29.9 Å². The van der Waals surface area contributed by atoms with Crippen molar-refractivity contribution in [1.82, 2.24) is 0 Å². The molecule has 1 atom stereocenters. The SMILES string of the molecule is CCc1ccc2c(c1)=[C]([Zr+2]=[C](c1ccccc1)c1ccccc1)C1=C(C3=CC=CC3)C(CC)([Si](C)(C)C)C=CC=21.[Cl-].[Cl-]. The van der Waals surface area contributed by atoms with Crippen LogP contribution in [0.15, 0.2) is 126 Å². The van der Waals surface area contributed by atoms with Crippen LogP contribution in [0.1, 0.15) is 43.4 Å². The molecule has 0 nitrogen and oxygen atoms in total. The van der Waals surface area contributed by atoms with Gasteiger partial charge in [-0.15, -0.1) is 0 Å². The van der Waals surface area contributed by atoms with Gasteiger partial charge in [-0.25, -0.2) is 0 Å². The zero-order valence-corrected chi connectivity index (χ0v) is 30.2.